The molecule has 0 saturated carbocycles. The number of methoxy groups -OCH3 is 1. The molecule has 0 aliphatic carbocycles. The van der Waals surface area contributed by atoms with Crippen LogP contribution in [-0.4, -0.2) is 24.7 Å². The molecule has 0 spiro atoms. The summed E-state index contributed by atoms with van der Waals surface area (Å²) in [5, 5.41) is 10.9. The van der Waals surface area contributed by atoms with E-state index >= 15 is 0 Å². The van der Waals surface area contributed by atoms with Crippen molar-refractivity contribution in [2.45, 2.75) is 13.8 Å². The van der Waals surface area contributed by atoms with Gasteiger partial charge < -0.3 is 15.2 Å². The Balaban J connectivity index is 3.86. The Bertz CT molecular complexity index is 175. The summed E-state index contributed by atoms with van der Waals surface area (Å²) in [5.74, 6) is 0.123. The van der Waals surface area contributed by atoms with Crippen LogP contribution in [0.15, 0.2) is 12.0 Å². The summed E-state index contributed by atoms with van der Waals surface area (Å²) in [7, 11) is 1.56. The van der Waals surface area contributed by atoms with E-state index in [9.17, 15) is 4.79 Å². The van der Waals surface area contributed by atoms with Crippen molar-refractivity contribution in [3.05, 3.63) is 12.0 Å². The van der Waals surface area contributed by atoms with Crippen molar-refractivity contribution in [3.63, 3.8) is 0 Å². The van der Waals surface area contributed by atoms with Crippen LogP contribution >= 0.6 is 0 Å². The Hall–Kier alpha value is -1.19. The second kappa shape index (κ2) is 5.46. The van der Waals surface area contributed by atoms with E-state index in [0.717, 1.165) is 5.76 Å². The number of rotatable bonds is 5. The van der Waals surface area contributed by atoms with E-state index in [-0.39, 0.29) is 12.5 Å². The molecule has 0 fully saturated rings. The van der Waals surface area contributed by atoms with E-state index in [2.05, 4.69) is 5.32 Å². The van der Waals surface area contributed by atoms with E-state index in [0.29, 0.717) is 0 Å². The fraction of sp³-hybridized carbons (Fsp3) is 0.625. The van der Waals surface area contributed by atoms with Gasteiger partial charge in [-0.2, -0.15) is 0 Å². The van der Waals surface area contributed by atoms with E-state index in [4.69, 9.17) is 9.84 Å². The number of nitrogens with one attached hydrogen (secondary N) is 1. The molecule has 0 aromatic heterocycles. The van der Waals surface area contributed by atoms with Crippen molar-refractivity contribution in [2.75, 3.05) is 13.7 Å². The Morgan fingerprint density at radius 2 is 2.25 bits per heavy atom. The summed E-state index contributed by atoms with van der Waals surface area (Å²) < 4.78 is 5.00. The third-order valence-electron chi connectivity index (χ3n) is 1.30. The van der Waals surface area contributed by atoms with Gasteiger partial charge in [-0.1, -0.05) is 13.8 Å². The first-order valence-corrected chi connectivity index (χ1v) is 3.77. The number of ether oxygens (including phenoxy) is 1. The molecule has 0 aliphatic rings. The van der Waals surface area contributed by atoms with Gasteiger partial charge in [0.15, 0.2) is 0 Å². The molecular formula is C8H15NO3. The number of allylic oxidation sites excluding steroid dienone is 1. The molecule has 0 aliphatic heterocycles. The highest BCUT2D eigenvalue weighted by Crippen LogP contribution is 2.07. The number of hydrogen-bond acceptors (Lipinski definition) is 3. The quantitative estimate of drug-likeness (QED) is 0.604. The van der Waals surface area contributed by atoms with Crippen LogP contribution in [0, 0.1) is 5.92 Å². The molecule has 0 bridgehead atoms. The first-order chi connectivity index (χ1) is 5.57. The fourth-order valence-corrected chi connectivity index (χ4v) is 0.700. The zero-order chi connectivity index (χ0) is 9.56. The first kappa shape index (κ1) is 10.8. The smallest absolute Gasteiger partial charge is 0.322 e. The predicted octanol–water partition coefficient (Wildman–Crippen LogP) is 0.804. The largest absolute Gasteiger partial charge is 0.499 e. The van der Waals surface area contributed by atoms with Gasteiger partial charge in [0.05, 0.1) is 7.11 Å². The summed E-state index contributed by atoms with van der Waals surface area (Å²) in [6.07, 6.45) is 1.58. The van der Waals surface area contributed by atoms with Gasteiger partial charge in [0.1, 0.15) is 12.3 Å². The monoisotopic (exact) mass is 173 g/mol. The number of carbonyl (C=O) groups is 1. The Labute approximate surface area is 72.2 Å². The normalized spacial score (nSPS) is 11.5. The topological polar surface area (TPSA) is 58.6 Å². The summed E-state index contributed by atoms with van der Waals surface area (Å²) in [6.45, 7) is 3.86. The lowest BCUT2D eigenvalue weighted by molar-refractivity contribution is -0.135. The van der Waals surface area contributed by atoms with E-state index in [1.807, 2.05) is 13.8 Å². The number of aliphatic carboxylic acids is 1. The third-order valence-corrected chi connectivity index (χ3v) is 1.30. The standard InChI is InChI=1S/C8H15NO3/c1-6(2)7(12-3)4-9-5-8(10)11/h4,6,9H,5H2,1-3H3,(H,10,11). The van der Waals surface area contributed by atoms with Crippen molar-refractivity contribution >= 4 is 5.97 Å². The lowest BCUT2D eigenvalue weighted by Crippen LogP contribution is -2.18. The van der Waals surface area contributed by atoms with Crippen LogP contribution in [0.25, 0.3) is 0 Å². The highest BCUT2D eigenvalue weighted by molar-refractivity contribution is 5.69. The molecule has 4 heteroatoms. The maximum absolute atomic E-state index is 10.1. The molecule has 0 radical (unpaired) electrons. The summed E-state index contributed by atoms with van der Waals surface area (Å²) >= 11 is 0. The molecule has 0 unspecified atom stereocenters. The van der Waals surface area contributed by atoms with Gasteiger partial charge in [0.2, 0.25) is 0 Å². The van der Waals surface area contributed by atoms with Crippen LogP contribution < -0.4 is 5.32 Å². The predicted molar refractivity (Wildman–Crippen MR) is 45.6 cm³/mol. The zero-order valence-corrected chi connectivity index (χ0v) is 7.63. The van der Waals surface area contributed by atoms with E-state index in [1.165, 1.54) is 0 Å². The number of hydrogen-bond donors (Lipinski definition) is 2. The number of carboxylic acids is 1. The minimum Gasteiger partial charge on any atom is -0.499 e. The van der Waals surface area contributed by atoms with Gasteiger partial charge in [-0.15, -0.1) is 0 Å². The van der Waals surface area contributed by atoms with Gasteiger partial charge in [-0.05, 0) is 0 Å². The van der Waals surface area contributed by atoms with E-state index in [1.54, 1.807) is 13.3 Å². The van der Waals surface area contributed by atoms with Crippen LogP contribution in [0.4, 0.5) is 0 Å². The molecule has 0 atom stereocenters. The van der Waals surface area contributed by atoms with Crippen LogP contribution in [-0.2, 0) is 9.53 Å². The van der Waals surface area contributed by atoms with Gasteiger partial charge >= 0.3 is 5.97 Å². The highest BCUT2D eigenvalue weighted by atomic mass is 16.5. The van der Waals surface area contributed by atoms with Crippen LogP contribution in [0.1, 0.15) is 13.8 Å². The van der Waals surface area contributed by atoms with Crippen LogP contribution in [0.3, 0.4) is 0 Å². The van der Waals surface area contributed by atoms with Crippen molar-refractivity contribution in [1.82, 2.24) is 5.32 Å². The highest BCUT2D eigenvalue weighted by Gasteiger charge is 2.01. The summed E-state index contributed by atoms with van der Waals surface area (Å²) in [4.78, 5) is 10.1. The minimum atomic E-state index is -0.884. The third kappa shape index (κ3) is 4.60. The van der Waals surface area contributed by atoms with Crippen molar-refractivity contribution in [2.24, 2.45) is 5.92 Å². The maximum Gasteiger partial charge on any atom is 0.322 e. The molecule has 0 aromatic rings. The van der Waals surface area contributed by atoms with Gasteiger partial charge in [-0.25, -0.2) is 0 Å². The molecular weight excluding hydrogens is 158 g/mol. The number of carboxylic acid groups (broad SMARTS) is 1. The molecule has 2 N–H and O–H groups in total. The van der Waals surface area contributed by atoms with Crippen LogP contribution in [0.2, 0.25) is 0 Å². The molecule has 70 valence electrons. The first-order valence-electron chi connectivity index (χ1n) is 3.77. The average molecular weight is 173 g/mol. The molecule has 0 amide bonds. The molecule has 0 aromatic carbocycles. The van der Waals surface area contributed by atoms with Crippen molar-refractivity contribution in [1.29, 1.82) is 0 Å². The second-order valence-electron chi connectivity index (χ2n) is 2.68. The van der Waals surface area contributed by atoms with Gasteiger partial charge in [0.25, 0.3) is 0 Å². The lowest BCUT2D eigenvalue weighted by Gasteiger charge is -2.09. The molecule has 0 rings (SSSR count). The maximum atomic E-state index is 10.1. The molecule has 12 heavy (non-hydrogen) atoms. The summed E-state index contributed by atoms with van der Waals surface area (Å²) in [6, 6.07) is 0. The molecule has 0 heterocycles. The second-order valence-corrected chi connectivity index (χ2v) is 2.68. The SMILES string of the molecule is COC(=CNCC(=O)O)C(C)C. The van der Waals surface area contributed by atoms with Gasteiger partial charge in [-0.3, -0.25) is 4.79 Å². The van der Waals surface area contributed by atoms with E-state index < -0.39 is 5.97 Å². The Morgan fingerprint density at radius 3 is 2.58 bits per heavy atom. The van der Waals surface area contributed by atoms with Gasteiger partial charge in [0, 0.05) is 12.1 Å². The summed E-state index contributed by atoms with van der Waals surface area (Å²) in [5.41, 5.74) is 0. The molecule has 0 saturated heterocycles. The van der Waals surface area contributed by atoms with Crippen molar-refractivity contribution in [3.8, 4) is 0 Å². The zero-order valence-electron chi connectivity index (χ0n) is 7.63. The molecule has 4 nitrogen and oxygen atoms in total. The Morgan fingerprint density at radius 1 is 1.67 bits per heavy atom. The lowest BCUT2D eigenvalue weighted by atomic mass is 10.2. The fourth-order valence-electron chi connectivity index (χ4n) is 0.700. The average Bonchev–Trinajstić information content (AvgIpc) is 1.96. The van der Waals surface area contributed by atoms with Crippen molar-refractivity contribution < 1.29 is 14.6 Å². The minimum absolute atomic E-state index is 0.0837. The van der Waals surface area contributed by atoms with Crippen LogP contribution in [0.5, 0.6) is 0 Å². The Kier molecular flexibility index (Phi) is 4.92.